The highest BCUT2D eigenvalue weighted by molar-refractivity contribution is 7.09. The van der Waals surface area contributed by atoms with Crippen LogP contribution in [0.5, 0.6) is 0 Å². The summed E-state index contributed by atoms with van der Waals surface area (Å²) in [4.78, 5) is 18.7. The van der Waals surface area contributed by atoms with Gasteiger partial charge in [-0.25, -0.2) is 4.98 Å². The van der Waals surface area contributed by atoms with Gasteiger partial charge in [-0.1, -0.05) is 0 Å². The maximum Gasteiger partial charge on any atom is 0.228 e. The lowest BCUT2D eigenvalue weighted by atomic mass is 9.81. The Labute approximate surface area is 135 Å². The van der Waals surface area contributed by atoms with E-state index < -0.39 is 0 Å². The molecule has 6 heteroatoms. The van der Waals surface area contributed by atoms with Crippen LogP contribution in [0.2, 0.25) is 0 Å². The van der Waals surface area contributed by atoms with Gasteiger partial charge in [0.25, 0.3) is 0 Å². The molecule has 3 heterocycles. The lowest BCUT2D eigenvalue weighted by Gasteiger charge is -2.48. The number of hydrogen-bond donors (Lipinski definition) is 0. The minimum Gasteiger partial charge on any atom is -0.378 e. The number of hydrogen-bond acceptors (Lipinski definition) is 5. The van der Waals surface area contributed by atoms with Crippen LogP contribution in [0.4, 0.5) is 0 Å². The first-order chi connectivity index (χ1) is 10.6. The SMILES string of the molecule is CO[C@H]1CCCOC12CCN(C(=O)Cc1csc(C)n1)CC2. The molecule has 22 heavy (non-hydrogen) atoms. The van der Waals surface area contributed by atoms with Crippen molar-refractivity contribution in [1.29, 1.82) is 0 Å². The molecule has 0 saturated carbocycles. The highest BCUT2D eigenvalue weighted by atomic mass is 32.1. The van der Waals surface area contributed by atoms with Crippen molar-refractivity contribution in [3.63, 3.8) is 0 Å². The predicted octanol–water partition coefficient (Wildman–Crippen LogP) is 2.18. The summed E-state index contributed by atoms with van der Waals surface area (Å²) >= 11 is 1.60. The van der Waals surface area contributed by atoms with Crippen molar-refractivity contribution in [1.82, 2.24) is 9.88 Å². The predicted molar refractivity (Wildman–Crippen MR) is 85.1 cm³/mol. The zero-order chi connectivity index (χ0) is 15.6. The van der Waals surface area contributed by atoms with E-state index in [4.69, 9.17) is 9.47 Å². The molecule has 5 nitrogen and oxygen atoms in total. The van der Waals surface area contributed by atoms with E-state index in [1.807, 2.05) is 17.2 Å². The molecule has 0 aliphatic carbocycles. The topological polar surface area (TPSA) is 51.7 Å². The van der Waals surface area contributed by atoms with Gasteiger partial charge in [0.05, 0.1) is 28.8 Å². The number of ether oxygens (including phenoxy) is 2. The van der Waals surface area contributed by atoms with E-state index in [0.717, 1.165) is 56.1 Å². The minimum atomic E-state index is -0.180. The van der Waals surface area contributed by atoms with Crippen LogP contribution in [0.25, 0.3) is 0 Å². The Balaban J connectivity index is 1.57. The fourth-order valence-corrected chi connectivity index (χ4v) is 4.20. The Hall–Kier alpha value is -0.980. The number of aryl methyl sites for hydroxylation is 1. The van der Waals surface area contributed by atoms with Crippen LogP contribution in [-0.2, 0) is 20.7 Å². The number of carbonyl (C=O) groups is 1. The molecule has 2 saturated heterocycles. The van der Waals surface area contributed by atoms with Crippen LogP contribution < -0.4 is 0 Å². The molecule has 1 aromatic heterocycles. The average Bonchev–Trinajstić information content (AvgIpc) is 2.93. The highest BCUT2D eigenvalue weighted by Gasteiger charge is 2.45. The molecule has 0 N–H and O–H groups in total. The van der Waals surface area contributed by atoms with E-state index >= 15 is 0 Å². The molecular weight excluding hydrogens is 300 g/mol. The zero-order valence-electron chi connectivity index (χ0n) is 13.3. The third-order valence-electron chi connectivity index (χ3n) is 4.83. The molecule has 2 aliphatic rings. The molecule has 1 spiro atoms. The zero-order valence-corrected chi connectivity index (χ0v) is 14.2. The van der Waals surface area contributed by atoms with Gasteiger partial charge in [-0.15, -0.1) is 11.3 Å². The molecule has 1 amide bonds. The lowest BCUT2D eigenvalue weighted by Crippen LogP contribution is -2.56. The van der Waals surface area contributed by atoms with E-state index in [0.29, 0.717) is 6.42 Å². The maximum atomic E-state index is 12.4. The van der Waals surface area contributed by atoms with Crippen molar-refractivity contribution in [2.75, 3.05) is 26.8 Å². The first kappa shape index (κ1) is 15.9. The number of methoxy groups -OCH3 is 1. The van der Waals surface area contributed by atoms with Crippen molar-refractivity contribution < 1.29 is 14.3 Å². The summed E-state index contributed by atoms with van der Waals surface area (Å²) in [6, 6.07) is 0. The molecule has 0 radical (unpaired) electrons. The summed E-state index contributed by atoms with van der Waals surface area (Å²) in [6.07, 6.45) is 4.43. The molecular formula is C16H24N2O3S. The van der Waals surface area contributed by atoms with Gasteiger partial charge in [0, 0.05) is 32.2 Å². The molecule has 122 valence electrons. The van der Waals surface area contributed by atoms with Crippen LogP contribution in [0.15, 0.2) is 5.38 Å². The second-order valence-electron chi connectivity index (χ2n) is 6.20. The molecule has 0 unspecified atom stereocenters. The number of aromatic nitrogens is 1. The summed E-state index contributed by atoms with van der Waals surface area (Å²) in [6.45, 7) is 4.28. The Morgan fingerprint density at radius 2 is 2.32 bits per heavy atom. The summed E-state index contributed by atoms with van der Waals surface area (Å²) < 4.78 is 11.7. The Kier molecular flexibility index (Phi) is 4.80. The Morgan fingerprint density at radius 1 is 1.55 bits per heavy atom. The van der Waals surface area contributed by atoms with Crippen molar-refractivity contribution in [3.05, 3.63) is 16.1 Å². The van der Waals surface area contributed by atoms with Crippen LogP contribution in [-0.4, -0.2) is 54.3 Å². The van der Waals surface area contributed by atoms with Crippen LogP contribution in [0.1, 0.15) is 36.4 Å². The number of piperidine rings is 1. The van der Waals surface area contributed by atoms with E-state index in [9.17, 15) is 4.79 Å². The molecule has 0 bridgehead atoms. The second kappa shape index (κ2) is 6.64. The number of rotatable bonds is 3. The number of thiazole rings is 1. The van der Waals surface area contributed by atoms with Crippen molar-refractivity contribution in [2.45, 2.75) is 50.7 Å². The van der Waals surface area contributed by atoms with Gasteiger partial charge in [-0.3, -0.25) is 4.79 Å². The van der Waals surface area contributed by atoms with E-state index in [1.165, 1.54) is 0 Å². The third kappa shape index (κ3) is 3.19. The molecule has 0 aromatic carbocycles. The number of carbonyl (C=O) groups excluding carboxylic acids is 1. The number of likely N-dealkylation sites (tertiary alicyclic amines) is 1. The summed E-state index contributed by atoms with van der Waals surface area (Å²) in [5, 5.41) is 2.99. The number of amides is 1. The summed E-state index contributed by atoms with van der Waals surface area (Å²) in [5.41, 5.74) is 0.706. The maximum absolute atomic E-state index is 12.4. The van der Waals surface area contributed by atoms with Crippen LogP contribution in [0, 0.1) is 6.92 Å². The highest BCUT2D eigenvalue weighted by Crippen LogP contribution is 2.36. The van der Waals surface area contributed by atoms with Crippen molar-refractivity contribution in [3.8, 4) is 0 Å². The fourth-order valence-electron chi connectivity index (χ4n) is 3.59. The monoisotopic (exact) mass is 324 g/mol. The summed E-state index contributed by atoms with van der Waals surface area (Å²) in [7, 11) is 1.77. The van der Waals surface area contributed by atoms with Gasteiger partial charge in [0.2, 0.25) is 5.91 Å². The molecule has 2 fully saturated rings. The first-order valence-corrected chi connectivity index (χ1v) is 8.86. The molecule has 1 aromatic rings. The third-order valence-corrected chi connectivity index (χ3v) is 5.66. The van der Waals surface area contributed by atoms with Crippen molar-refractivity contribution in [2.24, 2.45) is 0 Å². The largest absolute Gasteiger partial charge is 0.378 e. The normalized spacial score (nSPS) is 24.6. The molecule has 2 aliphatic heterocycles. The lowest BCUT2D eigenvalue weighted by molar-refractivity contribution is -0.188. The number of nitrogens with zero attached hydrogens (tertiary/aromatic N) is 2. The second-order valence-corrected chi connectivity index (χ2v) is 7.26. The van der Waals surface area contributed by atoms with Gasteiger partial charge < -0.3 is 14.4 Å². The fraction of sp³-hybridized carbons (Fsp3) is 0.750. The van der Waals surface area contributed by atoms with Gasteiger partial charge in [0.15, 0.2) is 0 Å². The van der Waals surface area contributed by atoms with Gasteiger partial charge in [-0.2, -0.15) is 0 Å². The standard InChI is InChI=1S/C16H24N2O3S/c1-12-17-13(11-22-12)10-15(19)18-7-5-16(6-8-18)14(20-2)4-3-9-21-16/h11,14H,3-10H2,1-2H3/t14-/m0/s1. The van der Waals surface area contributed by atoms with Gasteiger partial charge in [0.1, 0.15) is 0 Å². The smallest absolute Gasteiger partial charge is 0.228 e. The minimum absolute atomic E-state index is 0.166. The van der Waals surface area contributed by atoms with Crippen LogP contribution in [0.3, 0.4) is 0 Å². The first-order valence-electron chi connectivity index (χ1n) is 7.98. The van der Waals surface area contributed by atoms with Crippen LogP contribution >= 0.6 is 11.3 Å². The molecule has 1 atom stereocenters. The van der Waals surface area contributed by atoms with Crippen molar-refractivity contribution >= 4 is 17.2 Å². The van der Waals surface area contributed by atoms with Gasteiger partial charge in [-0.05, 0) is 32.6 Å². The van der Waals surface area contributed by atoms with E-state index in [-0.39, 0.29) is 17.6 Å². The Morgan fingerprint density at radius 3 is 2.95 bits per heavy atom. The Bertz CT molecular complexity index is 523. The van der Waals surface area contributed by atoms with E-state index in [1.54, 1.807) is 18.4 Å². The van der Waals surface area contributed by atoms with E-state index in [2.05, 4.69) is 4.98 Å². The average molecular weight is 324 g/mol. The summed E-state index contributed by atoms with van der Waals surface area (Å²) in [5.74, 6) is 0.171. The molecule has 3 rings (SSSR count). The quantitative estimate of drug-likeness (QED) is 0.855. The van der Waals surface area contributed by atoms with Gasteiger partial charge >= 0.3 is 0 Å².